The van der Waals surface area contributed by atoms with Crippen LogP contribution < -0.4 is 10.5 Å². The van der Waals surface area contributed by atoms with Crippen molar-refractivity contribution < 1.29 is 8.42 Å². The Hall–Kier alpha value is -0.850. The molecule has 7 heteroatoms. The van der Waals surface area contributed by atoms with Crippen LogP contribution in [0.2, 0.25) is 5.02 Å². The largest absolute Gasteiger partial charge is 0.392 e. The molecular formula is C9H11ClN2O2S2. The van der Waals surface area contributed by atoms with Crippen molar-refractivity contribution in [1.82, 2.24) is 0 Å². The van der Waals surface area contributed by atoms with Gasteiger partial charge in [0.15, 0.2) is 0 Å². The van der Waals surface area contributed by atoms with Crippen molar-refractivity contribution in [2.24, 2.45) is 5.73 Å². The van der Waals surface area contributed by atoms with Gasteiger partial charge in [-0.25, -0.2) is 8.42 Å². The number of hydrogen-bond donors (Lipinski definition) is 2. The molecule has 0 saturated heterocycles. The molecule has 3 N–H and O–H groups in total. The van der Waals surface area contributed by atoms with Crippen LogP contribution in [0.1, 0.15) is 5.56 Å². The number of rotatable bonds is 4. The first-order chi connectivity index (χ1) is 7.30. The SMILES string of the molecule is Cc1ccc(NS(=O)(=O)CC(N)=S)cc1Cl. The van der Waals surface area contributed by atoms with Crippen LogP contribution in [0.5, 0.6) is 0 Å². The fourth-order valence-electron chi connectivity index (χ4n) is 1.06. The molecular weight excluding hydrogens is 268 g/mol. The van der Waals surface area contributed by atoms with Crippen molar-refractivity contribution in [3.05, 3.63) is 28.8 Å². The number of halogens is 1. The quantitative estimate of drug-likeness (QED) is 0.822. The van der Waals surface area contributed by atoms with E-state index in [2.05, 4.69) is 16.9 Å². The third-order valence-electron chi connectivity index (χ3n) is 1.78. The van der Waals surface area contributed by atoms with Gasteiger partial charge in [0, 0.05) is 10.7 Å². The summed E-state index contributed by atoms with van der Waals surface area (Å²) in [6, 6.07) is 4.88. The topological polar surface area (TPSA) is 72.2 Å². The molecule has 0 aliphatic carbocycles. The Kier molecular flexibility index (Phi) is 4.12. The van der Waals surface area contributed by atoms with Gasteiger partial charge >= 0.3 is 0 Å². The summed E-state index contributed by atoms with van der Waals surface area (Å²) in [7, 11) is -3.54. The second kappa shape index (κ2) is 4.99. The number of benzene rings is 1. The molecule has 0 amide bonds. The lowest BCUT2D eigenvalue weighted by Gasteiger charge is -2.08. The summed E-state index contributed by atoms with van der Waals surface area (Å²) in [5.41, 5.74) is 6.44. The van der Waals surface area contributed by atoms with E-state index in [0.717, 1.165) is 5.56 Å². The van der Waals surface area contributed by atoms with E-state index in [9.17, 15) is 8.42 Å². The fraction of sp³-hybridized carbons (Fsp3) is 0.222. The molecule has 0 aliphatic rings. The van der Waals surface area contributed by atoms with Crippen molar-refractivity contribution >= 4 is 44.5 Å². The van der Waals surface area contributed by atoms with E-state index in [0.29, 0.717) is 10.7 Å². The van der Waals surface area contributed by atoms with Gasteiger partial charge in [0.25, 0.3) is 0 Å². The summed E-state index contributed by atoms with van der Waals surface area (Å²) >= 11 is 10.4. The molecule has 1 rings (SSSR count). The summed E-state index contributed by atoms with van der Waals surface area (Å²) in [4.78, 5) is -0.0780. The highest BCUT2D eigenvalue weighted by Crippen LogP contribution is 2.20. The predicted octanol–water partition coefficient (Wildman–Crippen LogP) is 1.68. The van der Waals surface area contributed by atoms with Crippen LogP contribution in [0, 0.1) is 6.92 Å². The van der Waals surface area contributed by atoms with Crippen LogP contribution in [0.25, 0.3) is 0 Å². The third kappa shape index (κ3) is 3.96. The molecule has 0 fully saturated rings. The fourth-order valence-corrected chi connectivity index (χ4v) is 2.64. The van der Waals surface area contributed by atoms with Crippen LogP contribution in [0.4, 0.5) is 5.69 Å². The molecule has 0 spiro atoms. The summed E-state index contributed by atoms with van der Waals surface area (Å²) in [6.07, 6.45) is 0. The Labute approximate surface area is 105 Å². The second-order valence-corrected chi connectivity index (χ2v) is 5.95. The molecule has 0 radical (unpaired) electrons. The zero-order valence-corrected chi connectivity index (χ0v) is 10.9. The molecule has 16 heavy (non-hydrogen) atoms. The normalized spacial score (nSPS) is 11.1. The maximum atomic E-state index is 11.5. The standard InChI is InChI=1S/C9H11ClN2O2S2/c1-6-2-3-7(4-8(6)10)12-16(13,14)5-9(11)15/h2-4,12H,5H2,1H3,(H2,11,15). The van der Waals surface area contributed by atoms with Gasteiger partial charge in [-0.05, 0) is 24.6 Å². The third-order valence-corrected chi connectivity index (χ3v) is 3.75. The van der Waals surface area contributed by atoms with Crippen LogP contribution in [0.15, 0.2) is 18.2 Å². The number of anilines is 1. The van der Waals surface area contributed by atoms with E-state index >= 15 is 0 Å². The molecule has 0 heterocycles. The molecule has 1 aromatic carbocycles. The number of thiocarbonyl (C=S) groups is 1. The maximum Gasteiger partial charge on any atom is 0.239 e. The Morgan fingerprint density at radius 1 is 1.56 bits per heavy atom. The molecule has 0 atom stereocenters. The van der Waals surface area contributed by atoms with Crippen molar-refractivity contribution in [1.29, 1.82) is 0 Å². The smallest absolute Gasteiger partial charge is 0.239 e. The van der Waals surface area contributed by atoms with Gasteiger partial charge in [-0.3, -0.25) is 4.72 Å². The second-order valence-electron chi connectivity index (χ2n) is 3.29. The Bertz CT molecular complexity index is 514. The number of nitrogens with one attached hydrogen (secondary N) is 1. The Morgan fingerprint density at radius 3 is 2.69 bits per heavy atom. The number of aryl methyl sites for hydroxylation is 1. The van der Waals surface area contributed by atoms with Gasteiger partial charge < -0.3 is 5.73 Å². The van der Waals surface area contributed by atoms with E-state index in [1.54, 1.807) is 12.1 Å². The van der Waals surface area contributed by atoms with Gasteiger partial charge in [-0.15, -0.1) is 0 Å². The Morgan fingerprint density at radius 2 is 2.19 bits per heavy atom. The lowest BCUT2D eigenvalue weighted by atomic mass is 10.2. The summed E-state index contributed by atoms with van der Waals surface area (Å²) in [5.74, 6) is -0.381. The highest BCUT2D eigenvalue weighted by Gasteiger charge is 2.12. The van der Waals surface area contributed by atoms with E-state index < -0.39 is 10.0 Å². The van der Waals surface area contributed by atoms with Gasteiger partial charge in [-0.1, -0.05) is 29.9 Å². The highest BCUT2D eigenvalue weighted by molar-refractivity contribution is 7.95. The Balaban J connectivity index is 2.88. The van der Waals surface area contributed by atoms with Crippen LogP contribution in [-0.4, -0.2) is 19.2 Å². The van der Waals surface area contributed by atoms with Gasteiger partial charge in [0.2, 0.25) is 10.0 Å². The molecule has 88 valence electrons. The molecule has 0 aromatic heterocycles. The zero-order chi connectivity index (χ0) is 12.3. The van der Waals surface area contributed by atoms with Crippen molar-refractivity contribution in [3.63, 3.8) is 0 Å². The number of sulfonamides is 1. The summed E-state index contributed by atoms with van der Waals surface area (Å²) in [6.45, 7) is 1.83. The van der Waals surface area contributed by atoms with E-state index in [1.165, 1.54) is 6.07 Å². The first kappa shape index (κ1) is 13.2. The minimum atomic E-state index is -3.54. The first-order valence-corrected chi connectivity index (χ1v) is 6.79. The van der Waals surface area contributed by atoms with E-state index in [4.69, 9.17) is 17.3 Å². The van der Waals surface area contributed by atoms with Gasteiger partial charge in [0.1, 0.15) is 5.75 Å². The number of nitrogens with two attached hydrogens (primary N) is 1. The predicted molar refractivity (Wildman–Crippen MR) is 70.4 cm³/mol. The summed E-state index contributed by atoms with van der Waals surface area (Å²) < 4.78 is 25.3. The van der Waals surface area contributed by atoms with E-state index in [1.807, 2.05) is 6.92 Å². The van der Waals surface area contributed by atoms with Crippen molar-refractivity contribution in [2.75, 3.05) is 10.5 Å². The average Bonchev–Trinajstić information content (AvgIpc) is 2.08. The minimum Gasteiger partial charge on any atom is -0.392 e. The van der Waals surface area contributed by atoms with E-state index in [-0.39, 0.29) is 10.7 Å². The lowest BCUT2D eigenvalue weighted by molar-refractivity contribution is 0.605. The number of hydrogen-bond acceptors (Lipinski definition) is 3. The van der Waals surface area contributed by atoms with Crippen molar-refractivity contribution in [3.8, 4) is 0 Å². The molecule has 0 unspecified atom stereocenters. The zero-order valence-electron chi connectivity index (χ0n) is 8.53. The average molecular weight is 279 g/mol. The monoisotopic (exact) mass is 278 g/mol. The molecule has 0 aliphatic heterocycles. The maximum absolute atomic E-state index is 11.5. The van der Waals surface area contributed by atoms with Crippen molar-refractivity contribution in [2.45, 2.75) is 6.92 Å². The lowest BCUT2D eigenvalue weighted by Crippen LogP contribution is -2.26. The van der Waals surface area contributed by atoms with Crippen LogP contribution in [-0.2, 0) is 10.0 Å². The van der Waals surface area contributed by atoms with Gasteiger partial charge in [-0.2, -0.15) is 0 Å². The molecule has 1 aromatic rings. The highest BCUT2D eigenvalue weighted by atomic mass is 35.5. The minimum absolute atomic E-state index is 0.0780. The van der Waals surface area contributed by atoms with Crippen LogP contribution >= 0.6 is 23.8 Å². The molecule has 0 bridgehead atoms. The molecule has 4 nitrogen and oxygen atoms in total. The molecule has 0 saturated carbocycles. The van der Waals surface area contributed by atoms with Gasteiger partial charge in [0.05, 0.1) is 4.99 Å². The first-order valence-electron chi connectivity index (χ1n) is 4.35. The van der Waals surface area contributed by atoms with Crippen LogP contribution in [0.3, 0.4) is 0 Å². The summed E-state index contributed by atoms with van der Waals surface area (Å²) in [5, 5.41) is 0.496.